The Morgan fingerprint density at radius 2 is 2.06 bits per heavy atom. The third-order valence-corrected chi connectivity index (χ3v) is 3.14. The number of aromatic nitrogens is 2. The Morgan fingerprint density at radius 1 is 1.29 bits per heavy atom. The first kappa shape index (κ1) is 12.1. The number of para-hydroxylation sites is 2. The molecule has 0 radical (unpaired) electrons. The van der Waals surface area contributed by atoms with Gasteiger partial charge in [-0.1, -0.05) is 18.6 Å². The van der Waals surface area contributed by atoms with Crippen molar-refractivity contribution in [1.82, 2.24) is 9.55 Å². The van der Waals surface area contributed by atoms with Crippen LogP contribution in [0.1, 0.15) is 32.0 Å². The quantitative estimate of drug-likeness (QED) is 0.804. The van der Waals surface area contributed by atoms with Crippen molar-refractivity contribution in [3.8, 4) is 0 Å². The van der Waals surface area contributed by atoms with Gasteiger partial charge in [0.15, 0.2) is 0 Å². The highest BCUT2D eigenvalue weighted by molar-refractivity contribution is 5.75. The summed E-state index contributed by atoms with van der Waals surface area (Å²) in [6.45, 7) is 5.18. The maximum atomic E-state index is 5.75. The summed E-state index contributed by atoms with van der Waals surface area (Å²) in [4.78, 5) is 4.57. The van der Waals surface area contributed by atoms with Crippen LogP contribution in [0.15, 0.2) is 24.3 Å². The lowest BCUT2D eigenvalue weighted by Gasteiger charge is -2.08. The molecule has 1 aromatic carbocycles. The number of unbranched alkanes of at least 4 members (excludes halogenated alkanes) is 1. The number of aryl methyl sites for hydroxylation is 2. The van der Waals surface area contributed by atoms with Gasteiger partial charge in [0.2, 0.25) is 0 Å². The molecule has 1 atom stereocenters. The van der Waals surface area contributed by atoms with E-state index in [0.29, 0.717) is 6.04 Å². The summed E-state index contributed by atoms with van der Waals surface area (Å²) in [5.74, 6) is 1.10. The summed E-state index contributed by atoms with van der Waals surface area (Å²) >= 11 is 0. The van der Waals surface area contributed by atoms with E-state index in [1.165, 1.54) is 18.4 Å². The lowest BCUT2D eigenvalue weighted by atomic mass is 10.1. The first-order chi connectivity index (χ1) is 8.18. The van der Waals surface area contributed by atoms with Gasteiger partial charge in [0.1, 0.15) is 5.82 Å². The third-order valence-electron chi connectivity index (χ3n) is 3.14. The van der Waals surface area contributed by atoms with E-state index in [1.54, 1.807) is 0 Å². The number of hydrogen-bond donors (Lipinski definition) is 1. The van der Waals surface area contributed by atoms with E-state index < -0.39 is 0 Å². The van der Waals surface area contributed by atoms with E-state index in [0.717, 1.165) is 24.3 Å². The molecule has 1 heterocycles. The summed E-state index contributed by atoms with van der Waals surface area (Å²) < 4.78 is 2.30. The minimum absolute atomic E-state index is 0.315. The van der Waals surface area contributed by atoms with Crippen molar-refractivity contribution in [2.24, 2.45) is 5.73 Å². The van der Waals surface area contributed by atoms with Crippen molar-refractivity contribution in [3.63, 3.8) is 0 Å². The lowest BCUT2D eigenvalue weighted by molar-refractivity contribution is 0.549. The Kier molecular flexibility index (Phi) is 3.79. The van der Waals surface area contributed by atoms with Crippen LogP contribution >= 0.6 is 0 Å². The summed E-state index contributed by atoms with van der Waals surface area (Å²) in [7, 11) is 0. The molecule has 0 fully saturated rings. The van der Waals surface area contributed by atoms with E-state index in [4.69, 9.17) is 5.73 Å². The molecule has 0 aliphatic heterocycles. The molecule has 3 heteroatoms. The molecule has 0 bridgehead atoms. The molecular weight excluding hydrogens is 210 g/mol. The van der Waals surface area contributed by atoms with Crippen LogP contribution in [0.25, 0.3) is 11.0 Å². The van der Waals surface area contributed by atoms with E-state index in [9.17, 15) is 0 Å². The zero-order chi connectivity index (χ0) is 12.3. The lowest BCUT2D eigenvalue weighted by Crippen LogP contribution is -2.14. The number of fused-ring (bicyclic) bond motifs is 1. The normalized spacial score (nSPS) is 13.1. The van der Waals surface area contributed by atoms with Crippen LogP contribution in [0.5, 0.6) is 0 Å². The topological polar surface area (TPSA) is 43.8 Å². The highest BCUT2D eigenvalue weighted by atomic mass is 15.1. The largest absolute Gasteiger partial charge is 0.328 e. The Bertz CT molecular complexity index is 485. The molecule has 3 nitrogen and oxygen atoms in total. The molecule has 0 saturated heterocycles. The van der Waals surface area contributed by atoms with E-state index >= 15 is 0 Å². The smallest absolute Gasteiger partial charge is 0.106 e. The maximum Gasteiger partial charge on any atom is 0.106 e. The summed E-state index contributed by atoms with van der Waals surface area (Å²) in [6, 6.07) is 8.63. The van der Waals surface area contributed by atoms with Crippen LogP contribution in [0, 0.1) is 6.92 Å². The van der Waals surface area contributed by atoms with Crippen LogP contribution in [0.3, 0.4) is 0 Å². The molecule has 2 rings (SSSR count). The second-order valence-corrected chi connectivity index (χ2v) is 4.77. The fraction of sp³-hybridized carbons (Fsp3) is 0.500. The van der Waals surface area contributed by atoms with Crippen molar-refractivity contribution in [3.05, 3.63) is 30.1 Å². The average Bonchev–Trinajstić information content (AvgIpc) is 2.60. The molecule has 0 spiro atoms. The number of rotatable bonds is 5. The van der Waals surface area contributed by atoms with Gasteiger partial charge in [-0.2, -0.15) is 0 Å². The predicted octanol–water partition coefficient (Wildman–Crippen LogP) is 2.86. The van der Waals surface area contributed by atoms with Crippen LogP contribution in [-0.2, 0) is 6.54 Å². The Hall–Kier alpha value is -1.35. The van der Waals surface area contributed by atoms with Gasteiger partial charge in [-0.3, -0.25) is 0 Å². The van der Waals surface area contributed by atoms with Crippen molar-refractivity contribution in [2.75, 3.05) is 0 Å². The second kappa shape index (κ2) is 5.32. The average molecular weight is 231 g/mol. The molecular formula is C14H21N3. The number of nitrogens with two attached hydrogens (primary N) is 1. The number of hydrogen-bond acceptors (Lipinski definition) is 2. The molecule has 2 N–H and O–H groups in total. The van der Waals surface area contributed by atoms with Crippen LogP contribution < -0.4 is 5.73 Å². The van der Waals surface area contributed by atoms with Crippen molar-refractivity contribution >= 4 is 11.0 Å². The third kappa shape index (κ3) is 2.86. The van der Waals surface area contributed by atoms with Gasteiger partial charge in [0.25, 0.3) is 0 Å². The Morgan fingerprint density at radius 3 is 2.82 bits per heavy atom. The Balaban J connectivity index is 2.05. The zero-order valence-electron chi connectivity index (χ0n) is 10.7. The number of nitrogens with zero attached hydrogens (tertiary/aromatic N) is 2. The molecule has 0 saturated carbocycles. The zero-order valence-corrected chi connectivity index (χ0v) is 10.7. The molecule has 0 aliphatic rings. The van der Waals surface area contributed by atoms with E-state index in [-0.39, 0.29) is 0 Å². The SMILES string of the molecule is Cc1nc2ccccc2n1CCCCC(C)N. The molecule has 0 aliphatic carbocycles. The van der Waals surface area contributed by atoms with Crippen LogP contribution in [-0.4, -0.2) is 15.6 Å². The summed E-state index contributed by atoms with van der Waals surface area (Å²) in [6.07, 6.45) is 3.46. The standard InChI is InChI=1S/C14H21N3/c1-11(15)7-5-6-10-17-12(2)16-13-8-3-4-9-14(13)17/h3-4,8-9,11H,5-7,10,15H2,1-2H3. The molecule has 92 valence electrons. The summed E-state index contributed by atoms with van der Waals surface area (Å²) in [5, 5.41) is 0. The molecule has 17 heavy (non-hydrogen) atoms. The molecule has 1 unspecified atom stereocenters. The minimum Gasteiger partial charge on any atom is -0.328 e. The molecule has 0 amide bonds. The monoisotopic (exact) mass is 231 g/mol. The van der Waals surface area contributed by atoms with Gasteiger partial charge in [-0.15, -0.1) is 0 Å². The Labute approximate surface area is 103 Å². The van der Waals surface area contributed by atoms with Crippen molar-refractivity contribution in [1.29, 1.82) is 0 Å². The van der Waals surface area contributed by atoms with Gasteiger partial charge in [0, 0.05) is 12.6 Å². The van der Waals surface area contributed by atoms with Gasteiger partial charge < -0.3 is 10.3 Å². The second-order valence-electron chi connectivity index (χ2n) is 4.77. The molecule has 1 aromatic heterocycles. The first-order valence-corrected chi connectivity index (χ1v) is 6.36. The first-order valence-electron chi connectivity index (χ1n) is 6.36. The van der Waals surface area contributed by atoms with Gasteiger partial charge in [-0.05, 0) is 38.8 Å². The van der Waals surface area contributed by atoms with Crippen LogP contribution in [0.2, 0.25) is 0 Å². The van der Waals surface area contributed by atoms with E-state index in [2.05, 4.69) is 41.6 Å². The van der Waals surface area contributed by atoms with Crippen LogP contribution in [0.4, 0.5) is 0 Å². The summed E-state index contributed by atoms with van der Waals surface area (Å²) in [5.41, 5.74) is 8.09. The van der Waals surface area contributed by atoms with Crippen molar-refractivity contribution in [2.45, 2.75) is 45.7 Å². The van der Waals surface area contributed by atoms with Gasteiger partial charge in [-0.25, -0.2) is 4.98 Å². The number of benzene rings is 1. The fourth-order valence-electron chi connectivity index (χ4n) is 2.21. The highest BCUT2D eigenvalue weighted by Gasteiger charge is 2.05. The highest BCUT2D eigenvalue weighted by Crippen LogP contribution is 2.16. The minimum atomic E-state index is 0.315. The van der Waals surface area contributed by atoms with Crippen molar-refractivity contribution < 1.29 is 0 Å². The van der Waals surface area contributed by atoms with Gasteiger partial charge in [0.05, 0.1) is 11.0 Å². The number of imidazole rings is 1. The molecule has 2 aromatic rings. The van der Waals surface area contributed by atoms with E-state index in [1.807, 2.05) is 6.07 Å². The fourth-order valence-corrected chi connectivity index (χ4v) is 2.21. The maximum absolute atomic E-state index is 5.75. The predicted molar refractivity (Wildman–Crippen MR) is 72.0 cm³/mol. The van der Waals surface area contributed by atoms with Gasteiger partial charge >= 0.3 is 0 Å².